The standard InChI is InChI=1S/C9H16N2.C9H15NO.C9H16O.C8H14N2/c1-7-8(9(2,3)4)6-11(5)10-7;1-6-8(9(3,4)5)7(2)11-10-6;1-9(2,3)8-4-6-10-7-5-8;1-8(2,3)7-5-9-10(4)6-7/h6H,1-5H3;1-5H3;4H,5-7H2,1-3H3;5-6H,1-4H3. The molecule has 0 amide bonds. The Labute approximate surface area is 257 Å². The lowest BCUT2D eigenvalue weighted by Crippen LogP contribution is -2.16. The van der Waals surface area contributed by atoms with E-state index in [9.17, 15) is 0 Å². The van der Waals surface area contributed by atoms with Crippen LogP contribution in [0.3, 0.4) is 0 Å². The molecule has 0 radical (unpaired) electrons. The first-order valence-electron chi connectivity index (χ1n) is 15.1. The first-order chi connectivity index (χ1) is 18.9. The summed E-state index contributed by atoms with van der Waals surface area (Å²) in [4.78, 5) is 0. The van der Waals surface area contributed by atoms with E-state index in [0.29, 0.717) is 5.41 Å². The van der Waals surface area contributed by atoms with Crippen LogP contribution in [0.1, 0.15) is 123 Å². The molecule has 1 aliphatic heterocycles. The molecule has 0 fully saturated rings. The summed E-state index contributed by atoms with van der Waals surface area (Å²) in [5.41, 5.74) is 8.49. The molecule has 4 rings (SSSR count). The molecule has 3 aromatic rings. The second-order valence-electron chi connectivity index (χ2n) is 15.5. The number of hydrogen-bond acceptors (Lipinski definition) is 5. The average molecular weight is 584 g/mol. The summed E-state index contributed by atoms with van der Waals surface area (Å²) in [7, 11) is 3.90. The summed E-state index contributed by atoms with van der Waals surface area (Å²) in [5.74, 6) is 0.940. The van der Waals surface area contributed by atoms with E-state index in [2.05, 4.69) is 124 Å². The van der Waals surface area contributed by atoms with Crippen LogP contribution < -0.4 is 0 Å². The van der Waals surface area contributed by atoms with Crippen LogP contribution in [0, 0.1) is 26.2 Å². The molecule has 0 bridgehead atoms. The monoisotopic (exact) mass is 583 g/mol. The van der Waals surface area contributed by atoms with E-state index in [-0.39, 0.29) is 16.2 Å². The van der Waals surface area contributed by atoms with Crippen molar-refractivity contribution in [3.63, 3.8) is 0 Å². The molecule has 0 aromatic carbocycles. The molecule has 7 nitrogen and oxygen atoms in total. The Hall–Kier alpha value is -2.67. The van der Waals surface area contributed by atoms with Gasteiger partial charge < -0.3 is 9.26 Å². The van der Waals surface area contributed by atoms with E-state index in [0.717, 1.165) is 36.8 Å². The van der Waals surface area contributed by atoms with E-state index in [1.54, 1.807) is 5.57 Å². The maximum absolute atomic E-state index is 5.22. The van der Waals surface area contributed by atoms with Gasteiger partial charge in [0, 0.05) is 32.1 Å². The molecule has 0 saturated heterocycles. The third kappa shape index (κ3) is 12.3. The van der Waals surface area contributed by atoms with Crippen molar-refractivity contribution in [1.29, 1.82) is 0 Å². The topological polar surface area (TPSA) is 70.9 Å². The van der Waals surface area contributed by atoms with Crippen LogP contribution in [0.2, 0.25) is 0 Å². The highest BCUT2D eigenvalue weighted by molar-refractivity contribution is 5.28. The lowest BCUT2D eigenvalue weighted by molar-refractivity contribution is 0.147. The molecular formula is C35H61N5O2. The number of nitrogens with zero attached hydrogens (tertiary/aromatic N) is 5. The fourth-order valence-corrected chi connectivity index (χ4v) is 4.91. The summed E-state index contributed by atoms with van der Waals surface area (Å²) in [6, 6.07) is 0. The van der Waals surface area contributed by atoms with E-state index in [4.69, 9.17) is 9.26 Å². The van der Waals surface area contributed by atoms with Gasteiger partial charge in [-0.25, -0.2) is 0 Å². The Balaban J connectivity index is 0.000000280. The fraction of sp³-hybridized carbons (Fsp3) is 0.686. The van der Waals surface area contributed by atoms with Crippen LogP contribution in [0.25, 0.3) is 0 Å². The van der Waals surface area contributed by atoms with Gasteiger partial charge in [-0.05, 0) is 60.0 Å². The lowest BCUT2D eigenvalue weighted by atomic mass is 9.84. The fourth-order valence-electron chi connectivity index (χ4n) is 4.91. The maximum Gasteiger partial charge on any atom is 0.137 e. The maximum atomic E-state index is 5.22. The number of aryl methyl sites for hydroxylation is 5. The second-order valence-corrected chi connectivity index (χ2v) is 15.5. The lowest BCUT2D eigenvalue weighted by Gasteiger charge is -2.25. The number of aromatic nitrogens is 5. The van der Waals surface area contributed by atoms with Crippen LogP contribution in [-0.2, 0) is 35.1 Å². The van der Waals surface area contributed by atoms with E-state index >= 15 is 0 Å². The van der Waals surface area contributed by atoms with Gasteiger partial charge in [-0.3, -0.25) is 9.36 Å². The van der Waals surface area contributed by atoms with Crippen molar-refractivity contribution < 1.29 is 9.26 Å². The van der Waals surface area contributed by atoms with Crippen LogP contribution in [-0.4, -0.2) is 37.9 Å². The summed E-state index contributed by atoms with van der Waals surface area (Å²) in [6.07, 6.45) is 9.39. The van der Waals surface area contributed by atoms with Crippen molar-refractivity contribution in [3.8, 4) is 0 Å². The van der Waals surface area contributed by atoms with Gasteiger partial charge in [0.1, 0.15) is 5.76 Å². The van der Waals surface area contributed by atoms with Crippen molar-refractivity contribution >= 4 is 0 Å². The molecule has 0 aliphatic carbocycles. The molecule has 0 unspecified atom stereocenters. The average Bonchev–Trinajstić information content (AvgIpc) is 3.52. The third-order valence-electron chi connectivity index (χ3n) is 7.10. The Kier molecular flexibility index (Phi) is 13.1. The Morgan fingerprint density at radius 2 is 1.31 bits per heavy atom. The summed E-state index contributed by atoms with van der Waals surface area (Å²) >= 11 is 0. The normalized spacial score (nSPS) is 14.1. The highest BCUT2D eigenvalue weighted by atomic mass is 16.5. The van der Waals surface area contributed by atoms with Gasteiger partial charge in [-0.2, -0.15) is 10.2 Å². The molecular weight excluding hydrogens is 522 g/mol. The van der Waals surface area contributed by atoms with Gasteiger partial charge in [0.05, 0.1) is 30.8 Å². The summed E-state index contributed by atoms with van der Waals surface area (Å²) < 4.78 is 14.0. The molecule has 3 aromatic heterocycles. The minimum atomic E-state index is 0.147. The van der Waals surface area contributed by atoms with Crippen molar-refractivity contribution in [1.82, 2.24) is 24.7 Å². The third-order valence-corrected chi connectivity index (χ3v) is 7.10. The zero-order valence-corrected chi connectivity index (χ0v) is 30.0. The van der Waals surface area contributed by atoms with Gasteiger partial charge in [0.2, 0.25) is 0 Å². The molecule has 0 saturated carbocycles. The largest absolute Gasteiger partial charge is 0.377 e. The van der Waals surface area contributed by atoms with Crippen LogP contribution >= 0.6 is 0 Å². The molecule has 42 heavy (non-hydrogen) atoms. The summed E-state index contributed by atoms with van der Waals surface area (Å²) in [5, 5.41) is 12.3. The Morgan fingerprint density at radius 3 is 1.52 bits per heavy atom. The molecule has 1 aliphatic rings. The second kappa shape index (κ2) is 14.7. The molecule has 238 valence electrons. The minimum absolute atomic E-state index is 0.147. The zero-order chi connectivity index (χ0) is 32.7. The van der Waals surface area contributed by atoms with Gasteiger partial charge in [-0.15, -0.1) is 0 Å². The van der Waals surface area contributed by atoms with Gasteiger partial charge in [0.25, 0.3) is 0 Å². The smallest absolute Gasteiger partial charge is 0.137 e. The summed E-state index contributed by atoms with van der Waals surface area (Å²) in [6.45, 7) is 34.1. The van der Waals surface area contributed by atoms with Crippen LogP contribution in [0.4, 0.5) is 0 Å². The number of hydrogen-bond donors (Lipinski definition) is 0. The molecule has 0 atom stereocenters. The molecule has 0 N–H and O–H groups in total. The van der Waals surface area contributed by atoms with Crippen LogP contribution in [0.15, 0.2) is 34.8 Å². The predicted molar refractivity (Wildman–Crippen MR) is 176 cm³/mol. The van der Waals surface area contributed by atoms with Gasteiger partial charge in [-0.1, -0.05) is 99.9 Å². The van der Waals surface area contributed by atoms with E-state index in [1.165, 1.54) is 16.7 Å². The SMILES string of the molecule is CC(C)(C)C1=CCOCC1.Cc1nn(C)cc1C(C)(C)C.Cc1noc(C)c1C(C)(C)C.Cn1cc(C(C)(C)C)cn1. The minimum Gasteiger partial charge on any atom is -0.377 e. The molecule has 0 spiro atoms. The van der Waals surface area contributed by atoms with Gasteiger partial charge >= 0.3 is 0 Å². The number of rotatable bonds is 0. The quantitative estimate of drug-likeness (QED) is 0.248. The Morgan fingerprint density at radius 1 is 0.714 bits per heavy atom. The van der Waals surface area contributed by atoms with E-state index in [1.807, 2.05) is 43.5 Å². The number of ether oxygens (including phenoxy) is 1. The Bertz CT molecular complexity index is 1240. The van der Waals surface area contributed by atoms with Crippen LogP contribution in [0.5, 0.6) is 0 Å². The van der Waals surface area contributed by atoms with Crippen molar-refractivity contribution in [2.24, 2.45) is 19.5 Å². The van der Waals surface area contributed by atoms with Crippen molar-refractivity contribution in [2.45, 2.75) is 127 Å². The molecule has 7 heteroatoms. The molecule has 4 heterocycles. The highest BCUT2D eigenvalue weighted by Gasteiger charge is 2.22. The first-order valence-corrected chi connectivity index (χ1v) is 15.1. The van der Waals surface area contributed by atoms with E-state index < -0.39 is 0 Å². The van der Waals surface area contributed by atoms with Crippen molar-refractivity contribution in [3.05, 3.63) is 64.1 Å². The highest BCUT2D eigenvalue weighted by Crippen LogP contribution is 2.29. The van der Waals surface area contributed by atoms with Crippen molar-refractivity contribution in [2.75, 3.05) is 13.2 Å². The van der Waals surface area contributed by atoms with Gasteiger partial charge in [0.15, 0.2) is 0 Å². The first kappa shape index (κ1) is 37.4. The predicted octanol–water partition coefficient (Wildman–Crippen LogP) is 8.71. The zero-order valence-electron chi connectivity index (χ0n) is 30.0.